The number of nitrogens with zero attached hydrogens (tertiary/aromatic N) is 2. The van der Waals surface area contributed by atoms with Crippen LogP contribution in [0.15, 0.2) is 69.8 Å². The molecule has 0 saturated carbocycles. The van der Waals surface area contributed by atoms with Gasteiger partial charge in [-0.25, -0.2) is 4.98 Å². The van der Waals surface area contributed by atoms with Gasteiger partial charge in [-0.3, -0.25) is 14.5 Å². The third-order valence-electron chi connectivity index (χ3n) is 5.68. The molecule has 1 amide bonds. The molecular weight excluding hydrogens is 424 g/mol. The standard InChI is InChI=1S/C25H20N2O4S/c1-4-10-30-17-7-5-16(6-8-17)21-20-22(28)18-12-14(2)15(3)13-19(18)31-23(20)24(29)27(21)25-26-9-11-32-25/h4-9,11-13,21H,1,10H2,2-3H3. The average molecular weight is 445 g/mol. The topological polar surface area (TPSA) is 72.6 Å². The summed E-state index contributed by atoms with van der Waals surface area (Å²) >= 11 is 1.34. The fourth-order valence-electron chi connectivity index (χ4n) is 3.98. The third kappa shape index (κ3) is 3.13. The summed E-state index contributed by atoms with van der Waals surface area (Å²) < 4.78 is 11.6. The van der Waals surface area contributed by atoms with E-state index in [2.05, 4.69) is 11.6 Å². The smallest absolute Gasteiger partial charge is 0.297 e. The molecule has 2 aromatic carbocycles. The van der Waals surface area contributed by atoms with E-state index in [-0.39, 0.29) is 17.1 Å². The predicted octanol–water partition coefficient (Wildman–Crippen LogP) is 5.18. The summed E-state index contributed by atoms with van der Waals surface area (Å²) in [4.78, 5) is 33.0. The fraction of sp³-hybridized carbons (Fsp3) is 0.160. The number of rotatable bonds is 5. The lowest BCUT2D eigenvalue weighted by molar-refractivity contribution is 0.0971. The molecular formula is C25H20N2O4S. The molecule has 0 fully saturated rings. The zero-order valence-corrected chi connectivity index (χ0v) is 18.4. The molecule has 1 aliphatic heterocycles. The molecule has 7 heteroatoms. The van der Waals surface area contributed by atoms with Crippen molar-refractivity contribution in [1.29, 1.82) is 0 Å². The van der Waals surface area contributed by atoms with Crippen LogP contribution >= 0.6 is 11.3 Å². The second kappa shape index (κ2) is 7.76. The SMILES string of the molecule is C=CCOc1ccc(C2c3c(oc4cc(C)c(C)cc4c3=O)C(=O)N2c2nccs2)cc1. The summed E-state index contributed by atoms with van der Waals surface area (Å²) in [7, 11) is 0. The lowest BCUT2D eigenvalue weighted by Gasteiger charge is -2.22. The van der Waals surface area contributed by atoms with E-state index in [1.165, 1.54) is 11.3 Å². The molecule has 0 N–H and O–H groups in total. The van der Waals surface area contributed by atoms with Gasteiger partial charge in [-0.2, -0.15) is 0 Å². The van der Waals surface area contributed by atoms with Gasteiger partial charge in [0.25, 0.3) is 5.91 Å². The molecule has 0 bridgehead atoms. The minimum absolute atomic E-state index is 0.0675. The van der Waals surface area contributed by atoms with Crippen LogP contribution in [0.2, 0.25) is 0 Å². The molecule has 3 heterocycles. The molecule has 0 spiro atoms. The summed E-state index contributed by atoms with van der Waals surface area (Å²) in [6.07, 6.45) is 3.31. The number of hydrogen-bond acceptors (Lipinski definition) is 6. The number of fused-ring (bicyclic) bond motifs is 2. The van der Waals surface area contributed by atoms with E-state index in [1.807, 2.05) is 50.2 Å². The Morgan fingerprint density at radius 3 is 2.62 bits per heavy atom. The van der Waals surface area contributed by atoms with Gasteiger partial charge in [0.05, 0.1) is 17.0 Å². The number of aryl methyl sites for hydroxylation is 2. The number of aromatic nitrogens is 1. The Kier molecular flexibility index (Phi) is 4.90. The maximum Gasteiger partial charge on any atom is 0.297 e. The Balaban J connectivity index is 1.73. The molecule has 0 saturated heterocycles. The van der Waals surface area contributed by atoms with Crippen molar-refractivity contribution in [2.24, 2.45) is 0 Å². The van der Waals surface area contributed by atoms with Gasteiger partial charge in [-0.1, -0.05) is 24.8 Å². The van der Waals surface area contributed by atoms with E-state index < -0.39 is 6.04 Å². The minimum Gasteiger partial charge on any atom is -0.490 e. The van der Waals surface area contributed by atoms with Gasteiger partial charge in [-0.15, -0.1) is 11.3 Å². The Morgan fingerprint density at radius 2 is 1.94 bits per heavy atom. The van der Waals surface area contributed by atoms with E-state index in [0.717, 1.165) is 16.7 Å². The lowest BCUT2D eigenvalue weighted by Crippen LogP contribution is -2.29. The van der Waals surface area contributed by atoms with Gasteiger partial charge in [0, 0.05) is 11.6 Å². The van der Waals surface area contributed by atoms with Crippen molar-refractivity contribution >= 4 is 33.3 Å². The number of amides is 1. The number of hydrogen-bond donors (Lipinski definition) is 0. The molecule has 6 nitrogen and oxygen atoms in total. The summed E-state index contributed by atoms with van der Waals surface area (Å²) in [6.45, 7) is 7.95. The molecule has 4 aromatic rings. The highest BCUT2D eigenvalue weighted by Crippen LogP contribution is 2.42. The maximum atomic E-state index is 13.6. The van der Waals surface area contributed by atoms with E-state index in [1.54, 1.807) is 22.6 Å². The van der Waals surface area contributed by atoms with Crippen LogP contribution in [0.1, 0.15) is 38.9 Å². The van der Waals surface area contributed by atoms with Crippen LogP contribution in [-0.2, 0) is 0 Å². The largest absolute Gasteiger partial charge is 0.490 e. The number of carbonyl (C=O) groups excluding carboxylic acids is 1. The van der Waals surface area contributed by atoms with E-state index in [9.17, 15) is 9.59 Å². The van der Waals surface area contributed by atoms with E-state index in [4.69, 9.17) is 9.15 Å². The monoisotopic (exact) mass is 444 g/mol. The van der Waals surface area contributed by atoms with Crippen LogP contribution in [-0.4, -0.2) is 17.5 Å². The minimum atomic E-state index is -0.639. The van der Waals surface area contributed by atoms with Gasteiger partial charge in [-0.05, 0) is 54.8 Å². The molecule has 5 rings (SSSR count). The normalized spacial score (nSPS) is 15.2. The molecule has 0 aliphatic carbocycles. The van der Waals surface area contributed by atoms with E-state index in [0.29, 0.717) is 34.0 Å². The summed E-state index contributed by atoms with van der Waals surface area (Å²) in [5.41, 5.74) is 3.31. The molecule has 1 aliphatic rings. The average Bonchev–Trinajstić information content (AvgIpc) is 3.41. The summed E-state index contributed by atoms with van der Waals surface area (Å²) in [5.74, 6) is 0.373. The van der Waals surface area contributed by atoms with Crippen molar-refractivity contribution in [3.05, 3.63) is 98.9 Å². The zero-order valence-electron chi connectivity index (χ0n) is 17.6. The Labute approximate surface area is 188 Å². The van der Waals surface area contributed by atoms with Gasteiger partial charge < -0.3 is 9.15 Å². The third-order valence-corrected chi connectivity index (χ3v) is 6.45. The molecule has 2 aromatic heterocycles. The summed E-state index contributed by atoms with van der Waals surface area (Å²) in [5, 5.41) is 2.78. The first kappa shape index (κ1) is 20.2. The van der Waals surface area contributed by atoms with Crippen LogP contribution in [0.4, 0.5) is 5.13 Å². The fourth-order valence-corrected chi connectivity index (χ4v) is 4.64. The predicted molar refractivity (Wildman–Crippen MR) is 125 cm³/mol. The second-order valence-electron chi connectivity index (χ2n) is 7.67. The van der Waals surface area contributed by atoms with Crippen LogP contribution < -0.4 is 15.1 Å². The molecule has 160 valence electrons. The first-order valence-electron chi connectivity index (χ1n) is 10.1. The molecule has 32 heavy (non-hydrogen) atoms. The number of thiazole rings is 1. The number of carbonyl (C=O) groups is 1. The van der Waals surface area contributed by atoms with Crippen molar-refractivity contribution in [2.75, 3.05) is 11.5 Å². The number of ether oxygens (including phenoxy) is 1. The molecule has 1 atom stereocenters. The zero-order chi connectivity index (χ0) is 22.4. The van der Waals surface area contributed by atoms with Gasteiger partial charge in [0.15, 0.2) is 10.6 Å². The first-order valence-corrected chi connectivity index (χ1v) is 11.0. The number of anilines is 1. The van der Waals surface area contributed by atoms with Crippen LogP contribution in [0.5, 0.6) is 5.75 Å². The van der Waals surface area contributed by atoms with Crippen molar-refractivity contribution < 1.29 is 13.9 Å². The van der Waals surface area contributed by atoms with Crippen molar-refractivity contribution in [3.8, 4) is 5.75 Å². The Hall–Kier alpha value is -3.71. The van der Waals surface area contributed by atoms with Gasteiger partial charge in [0.2, 0.25) is 5.76 Å². The Morgan fingerprint density at radius 1 is 1.19 bits per heavy atom. The van der Waals surface area contributed by atoms with Gasteiger partial charge in [0.1, 0.15) is 17.9 Å². The highest BCUT2D eigenvalue weighted by molar-refractivity contribution is 7.13. The van der Waals surface area contributed by atoms with Crippen LogP contribution in [0.25, 0.3) is 11.0 Å². The van der Waals surface area contributed by atoms with E-state index >= 15 is 0 Å². The quantitative estimate of drug-likeness (QED) is 0.397. The highest BCUT2D eigenvalue weighted by Gasteiger charge is 2.44. The van der Waals surface area contributed by atoms with Gasteiger partial charge >= 0.3 is 0 Å². The van der Waals surface area contributed by atoms with Crippen molar-refractivity contribution in [2.45, 2.75) is 19.9 Å². The molecule has 1 unspecified atom stereocenters. The highest BCUT2D eigenvalue weighted by atomic mass is 32.1. The Bertz CT molecular complexity index is 1400. The van der Waals surface area contributed by atoms with Crippen LogP contribution in [0, 0.1) is 13.8 Å². The lowest BCUT2D eigenvalue weighted by atomic mass is 9.97. The number of benzene rings is 2. The first-order chi connectivity index (χ1) is 15.5. The van der Waals surface area contributed by atoms with Crippen LogP contribution in [0.3, 0.4) is 0 Å². The maximum absolute atomic E-state index is 13.6. The second-order valence-corrected chi connectivity index (χ2v) is 8.54. The summed E-state index contributed by atoms with van der Waals surface area (Å²) in [6, 6.07) is 10.4. The molecule has 0 radical (unpaired) electrons. The van der Waals surface area contributed by atoms with Crippen molar-refractivity contribution in [3.63, 3.8) is 0 Å². The van der Waals surface area contributed by atoms with Crippen molar-refractivity contribution in [1.82, 2.24) is 4.98 Å².